The minimum absolute atomic E-state index is 1.16. The van der Waals surface area contributed by atoms with E-state index in [0.29, 0.717) is 0 Å². The van der Waals surface area contributed by atoms with Crippen molar-refractivity contribution >= 4 is 53.3 Å². The van der Waals surface area contributed by atoms with Gasteiger partial charge in [0.1, 0.15) is 0 Å². The predicted octanol–water partition coefficient (Wildman–Crippen LogP) is 12.2. The Morgan fingerprint density at radius 3 is 1.84 bits per heavy atom. The number of benzene rings is 7. The average Bonchev–Trinajstić information content (AvgIpc) is 3.65. The number of hydrogen-bond acceptors (Lipinski definition) is 1. The van der Waals surface area contributed by atoms with Gasteiger partial charge in [0.25, 0.3) is 0 Å². The van der Waals surface area contributed by atoms with Gasteiger partial charge in [-0.25, -0.2) is 0 Å². The predicted molar refractivity (Wildman–Crippen MR) is 190 cm³/mol. The summed E-state index contributed by atoms with van der Waals surface area (Å²) in [5.74, 6) is 0. The summed E-state index contributed by atoms with van der Waals surface area (Å²) < 4.78 is 5.12. The zero-order chi connectivity index (χ0) is 29.0. The summed E-state index contributed by atoms with van der Waals surface area (Å²) in [6, 6.07) is 59.6. The molecule has 2 heteroatoms. The zero-order valence-electron chi connectivity index (χ0n) is 23.9. The fraction of sp³-hybridized carbons (Fsp3) is 0. The van der Waals surface area contributed by atoms with Gasteiger partial charge in [-0.05, 0) is 70.3 Å². The molecule has 9 aromatic rings. The lowest BCUT2D eigenvalue weighted by molar-refractivity contribution is 1.18. The van der Waals surface area contributed by atoms with Crippen LogP contribution in [0.3, 0.4) is 0 Å². The summed E-state index contributed by atoms with van der Waals surface area (Å²) >= 11 is 1.89. The summed E-state index contributed by atoms with van der Waals surface area (Å²) in [6.45, 7) is 0. The Labute approximate surface area is 259 Å². The van der Waals surface area contributed by atoms with Crippen LogP contribution in [0.15, 0.2) is 164 Å². The number of aromatic nitrogens is 1. The number of para-hydroxylation sites is 1. The minimum atomic E-state index is 1.16. The molecule has 0 N–H and O–H groups in total. The maximum absolute atomic E-state index is 2.45. The Hall–Kier alpha value is -5.44. The molecule has 0 amide bonds. The smallest absolute Gasteiger partial charge is 0.0619 e. The van der Waals surface area contributed by atoms with Crippen molar-refractivity contribution in [1.82, 2.24) is 4.57 Å². The van der Waals surface area contributed by atoms with Crippen LogP contribution >= 0.6 is 11.3 Å². The van der Waals surface area contributed by atoms with Crippen LogP contribution < -0.4 is 0 Å². The van der Waals surface area contributed by atoms with Crippen molar-refractivity contribution in [3.05, 3.63) is 164 Å². The molecule has 7 aromatic carbocycles. The van der Waals surface area contributed by atoms with Crippen molar-refractivity contribution in [2.45, 2.75) is 0 Å². The molecule has 0 bridgehead atoms. The van der Waals surface area contributed by atoms with Gasteiger partial charge in [0.15, 0.2) is 0 Å². The van der Waals surface area contributed by atoms with E-state index in [2.05, 4.69) is 168 Å². The molecule has 2 heterocycles. The molecule has 0 aliphatic carbocycles. The van der Waals surface area contributed by atoms with Crippen LogP contribution in [0, 0.1) is 0 Å². The highest BCUT2D eigenvalue weighted by Crippen LogP contribution is 2.44. The molecule has 0 unspecified atom stereocenters. The molecule has 206 valence electrons. The van der Waals surface area contributed by atoms with Crippen molar-refractivity contribution in [2.24, 2.45) is 0 Å². The van der Waals surface area contributed by atoms with E-state index in [0.717, 1.165) is 5.69 Å². The lowest BCUT2D eigenvalue weighted by atomic mass is 9.95. The van der Waals surface area contributed by atoms with E-state index in [-0.39, 0.29) is 0 Å². The van der Waals surface area contributed by atoms with Crippen molar-refractivity contribution in [3.8, 4) is 39.1 Å². The zero-order valence-corrected chi connectivity index (χ0v) is 24.8. The molecule has 9 rings (SSSR count). The Bertz CT molecular complexity index is 2470. The highest BCUT2D eigenvalue weighted by molar-refractivity contribution is 7.26. The molecular formula is C42H27NS. The van der Waals surface area contributed by atoms with Gasteiger partial charge in [0.2, 0.25) is 0 Å². The monoisotopic (exact) mass is 577 g/mol. The fourth-order valence-corrected chi connectivity index (χ4v) is 8.01. The minimum Gasteiger partial charge on any atom is -0.309 e. The largest absolute Gasteiger partial charge is 0.309 e. The van der Waals surface area contributed by atoms with Crippen molar-refractivity contribution in [1.29, 1.82) is 0 Å². The summed E-state index contributed by atoms with van der Waals surface area (Å²) in [7, 11) is 0. The molecule has 0 spiro atoms. The van der Waals surface area contributed by atoms with Crippen LogP contribution in [0.5, 0.6) is 0 Å². The first-order valence-corrected chi connectivity index (χ1v) is 15.8. The van der Waals surface area contributed by atoms with Crippen molar-refractivity contribution in [2.75, 3.05) is 0 Å². The van der Waals surface area contributed by atoms with Gasteiger partial charge in [-0.2, -0.15) is 0 Å². The topological polar surface area (TPSA) is 4.93 Å². The van der Waals surface area contributed by atoms with E-state index >= 15 is 0 Å². The van der Waals surface area contributed by atoms with Crippen LogP contribution in [0.1, 0.15) is 0 Å². The molecule has 0 fully saturated rings. The van der Waals surface area contributed by atoms with Gasteiger partial charge in [-0.1, -0.05) is 121 Å². The Balaban J connectivity index is 1.40. The third kappa shape index (κ3) is 3.92. The number of hydrogen-bond donors (Lipinski definition) is 0. The molecule has 0 saturated heterocycles. The lowest BCUT2D eigenvalue weighted by Crippen LogP contribution is -1.95. The number of rotatable bonds is 4. The van der Waals surface area contributed by atoms with E-state index in [9.17, 15) is 0 Å². The highest BCUT2D eigenvalue weighted by atomic mass is 32.1. The molecule has 0 saturated carbocycles. The average molecular weight is 578 g/mol. The van der Waals surface area contributed by atoms with Gasteiger partial charge in [0.05, 0.1) is 11.0 Å². The first kappa shape index (κ1) is 25.1. The molecule has 2 aromatic heterocycles. The molecule has 0 aliphatic heterocycles. The molecule has 1 nitrogen and oxygen atoms in total. The second-order valence-corrected chi connectivity index (χ2v) is 12.4. The van der Waals surface area contributed by atoms with Crippen LogP contribution in [0.25, 0.3) is 81.0 Å². The fourth-order valence-electron chi connectivity index (χ4n) is 6.77. The van der Waals surface area contributed by atoms with Gasteiger partial charge < -0.3 is 4.57 Å². The normalized spacial score (nSPS) is 11.6. The number of nitrogens with zero attached hydrogens (tertiary/aromatic N) is 1. The first-order valence-electron chi connectivity index (χ1n) is 15.0. The standard InChI is InChI=1S/C42H27NS/c1-4-13-28(14-5-1)31-26-36(29-15-6-2-7-16-29)41-38(27-31)37-25-30(23-24-39(37)43(41)32-17-8-3-9-18-32)33-20-12-21-35-34-19-10-11-22-40(34)44-42(33)35/h1-27H. The summed E-state index contributed by atoms with van der Waals surface area (Å²) in [4.78, 5) is 0. The Kier molecular flexibility index (Phi) is 5.75. The highest BCUT2D eigenvalue weighted by Gasteiger charge is 2.20. The molecule has 0 aliphatic rings. The second-order valence-electron chi connectivity index (χ2n) is 11.3. The van der Waals surface area contributed by atoms with Gasteiger partial charge in [-0.3, -0.25) is 0 Å². The SMILES string of the molecule is c1ccc(-c2cc(-c3ccccc3)c3c(c2)c2cc(-c4cccc5c4sc4ccccc45)ccc2n3-c2ccccc2)cc1. The van der Waals surface area contributed by atoms with Crippen LogP contribution in [-0.4, -0.2) is 4.57 Å². The van der Waals surface area contributed by atoms with E-state index in [1.807, 2.05) is 11.3 Å². The molecule has 44 heavy (non-hydrogen) atoms. The summed E-state index contributed by atoms with van der Waals surface area (Å²) in [5, 5.41) is 5.17. The number of fused-ring (bicyclic) bond motifs is 6. The van der Waals surface area contributed by atoms with Crippen molar-refractivity contribution in [3.63, 3.8) is 0 Å². The lowest BCUT2D eigenvalue weighted by Gasteiger charge is -2.13. The van der Waals surface area contributed by atoms with Crippen molar-refractivity contribution < 1.29 is 0 Å². The maximum atomic E-state index is 2.45. The maximum Gasteiger partial charge on any atom is 0.0619 e. The third-order valence-electron chi connectivity index (χ3n) is 8.78. The molecular weight excluding hydrogens is 551 g/mol. The molecule has 0 radical (unpaired) electrons. The Morgan fingerprint density at radius 1 is 0.386 bits per heavy atom. The van der Waals surface area contributed by atoms with E-state index in [1.165, 1.54) is 75.4 Å². The van der Waals surface area contributed by atoms with Crippen LogP contribution in [-0.2, 0) is 0 Å². The second kappa shape index (κ2) is 10.1. The van der Waals surface area contributed by atoms with E-state index < -0.39 is 0 Å². The first-order chi connectivity index (χ1) is 21.8. The van der Waals surface area contributed by atoms with Gasteiger partial charge in [-0.15, -0.1) is 11.3 Å². The van der Waals surface area contributed by atoms with Gasteiger partial charge >= 0.3 is 0 Å². The third-order valence-corrected chi connectivity index (χ3v) is 10.0. The van der Waals surface area contributed by atoms with Crippen LogP contribution in [0.2, 0.25) is 0 Å². The number of thiophene rings is 1. The van der Waals surface area contributed by atoms with E-state index in [4.69, 9.17) is 0 Å². The quantitative estimate of drug-likeness (QED) is 0.196. The summed E-state index contributed by atoms with van der Waals surface area (Å²) in [6.07, 6.45) is 0. The van der Waals surface area contributed by atoms with Crippen LogP contribution in [0.4, 0.5) is 0 Å². The van der Waals surface area contributed by atoms with Gasteiger partial charge in [0, 0.05) is 42.2 Å². The van der Waals surface area contributed by atoms with E-state index in [1.54, 1.807) is 0 Å². The molecule has 0 atom stereocenters. The summed E-state index contributed by atoms with van der Waals surface area (Å²) in [5.41, 5.74) is 11.0. The Morgan fingerprint density at radius 2 is 1.05 bits per heavy atom.